The maximum Gasteiger partial charge on any atom is 0.237 e. The van der Waals surface area contributed by atoms with Gasteiger partial charge in [0, 0.05) is 24.2 Å². The molecule has 0 aromatic heterocycles. The van der Waals surface area contributed by atoms with E-state index in [1.165, 1.54) is 0 Å². The number of hydrogen-bond donors (Lipinski definition) is 2. The second kappa shape index (κ2) is 10.8. The minimum Gasteiger partial charge on any atom is -0.496 e. The van der Waals surface area contributed by atoms with Crippen LogP contribution >= 0.6 is 0 Å². The SMILES string of the molecule is COc1ccccc1CNC(=O)C(C(=O)NCc1ccccc1OC)c1ccccc1. The van der Waals surface area contributed by atoms with Crippen molar-refractivity contribution in [3.8, 4) is 11.5 Å². The molecular formula is C25H26N2O4. The fourth-order valence-electron chi connectivity index (χ4n) is 3.33. The van der Waals surface area contributed by atoms with Crippen molar-refractivity contribution in [3.05, 3.63) is 95.6 Å². The molecule has 0 fully saturated rings. The van der Waals surface area contributed by atoms with Gasteiger partial charge in [0.15, 0.2) is 0 Å². The lowest BCUT2D eigenvalue weighted by Crippen LogP contribution is -2.39. The average molecular weight is 418 g/mol. The van der Waals surface area contributed by atoms with Crippen LogP contribution in [0.4, 0.5) is 0 Å². The van der Waals surface area contributed by atoms with Crippen LogP contribution in [0.25, 0.3) is 0 Å². The molecule has 0 saturated carbocycles. The van der Waals surface area contributed by atoms with E-state index < -0.39 is 5.92 Å². The van der Waals surface area contributed by atoms with Crippen LogP contribution in [0.15, 0.2) is 78.9 Å². The van der Waals surface area contributed by atoms with Gasteiger partial charge in [-0.25, -0.2) is 0 Å². The Balaban J connectivity index is 1.74. The van der Waals surface area contributed by atoms with E-state index in [2.05, 4.69) is 10.6 Å². The number of nitrogens with one attached hydrogen (secondary N) is 2. The summed E-state index contributed by atoms with van der Waals surface area (Å²) in [5, 5.41) is 5.74. The Morgan fingerprint density at radius 2 is 1.10 bits per heavy atom. The topological polar surface area (TPSA) is 76.7 Å². The summed E-state index contributed by atoms with van der Waals surface area (Å²) in [5.41, 5.74) is 2.29. The van der Waals surface area contributed by atoms with Gasteiger partial charge in [-0.15, -0.1) is 0 Å². The summed E-state index contributed by atoms with van der Waals surface area (Å²) in [6, 6.07) is 23.9. The number of hydrogen-bond acceptors (Lipinski definition) is 4. The number of para-hydroxylation sites is 2. The number of carbonyl (C=O) groups is 2. The van der Waals surface area contributed by atoms with Crippen molar-refractivity contribution in [2.75, 3.05) is 14.2 Å². The smallest absolute Gasteiger partial charge is 0.237 e. The predicted molar refractivity (Wildman–Crippen MR) is 119 cm³/mol. The number of benzene rings is 3. The summed E-state index contributed by atoms with van der Waals surface area (Å²) in [4.78, 5) is 26.1. The van der Waals surface area contributed by atoms with Crippen molar-refractivity contribution < 1.29 is 19.1 Å². The predicted octanol–water partition coefficient (Wildman–Crippen LogP) is 3.42. The molecule has 6 nitrogen and oxygen atoms in total. The minimum atomic E-state index is -0.981. The van der Waals surface area contributed by atoms with Gasteiger partial charge in [0.2, 0.25) is 11.8 Å². The number of carbonyl (C=O) groups excluding carboxylic acids is 2. The molecule has 0 aliphatic heterocycles. The van der Waals surface area contributed by atoms with Gasteiger partial charge >= 0.3 is 0 Å². The number of amides is 2. The molecule has 3 aromatic rings. The standard InChI is InChI=1S/C25H26N2O4/c1-30-21-14-8-6-12-19(21)16-26-24(28)23(18-10-4-3-5-11-18)25(29)27-17-20-13-7-9-15-22(20)31-2/h3-15,23H,16-17H2,1-2H3,(H,26,28)(H,27,29). The second-order valence-corrected chi connectivity index (χ2v) is 6.90. The Labute approximate surface area is 182 Å². The number of methoxy groups -OCH3 is 2. The van der Waals surface area contributed by atoms with Crippen molar-refractivity contribution in [1.29, 1.82) is 0 Å². The van der Waals surface area contributed by atoms with Gasteiger partial charge in [0.25, 0.3) is 0 Å². The molecule has 2 amide bonds. The molecule has 0 aliphatic carbocycles. The number of rotatable bonds is 9. The first kappa shape index (κ1) is 21.9. The lowest BCUT2D eigenvalue weighted by atomic mass is 9.97. The first-order valence-electron chi connectivity index (χ1n) is 9.98. The molecule has 0 bridgehead atoms. The first-order valence-corrected chi connectivity index (χ1v) is 9.98. The second-order valence-electron chi connectivity index (χ2n) is 6.90. The van der Waals surface area contributed by atoms with Crippen molar-refractivity contribution in [2.24, 2.45) is 0 Å². The summed E-state index contributed by atoms with van der Waals surface area (Å²) in [6.45, 7) is 0.512. The molecule has 0 spiro atoms. The zero-order valence-electron chi connectivity index (χ0n) is 17.6. The highest BCUT2D eigenvalue weighted by Crippen LogP contribution is 2.21. The molecule has 2 N–H and O–H groups in total. The van der Waals surface area contributed by atoms with Crippen LogP contribution in [0.5, 0.6) is 11.5 Å². The van der Waals surface area contributed by atoms with Crippen LogP contribution in [0.3, 0.4) is 0 Å². The van der Waals surface area contributed by atoms with E-state index in [9.17, 15) is 9.59 Å². The zero-order valence-corrected chi connectivity index (χ0v) is 17.6. The maximum atomic E-state index is 13.1. The summed E-state index contributed by atoms with van der Waals surface area (Å²) < 4.78 is 10.7. The van der Waals surface area contributed by atoms with Crippen molar-refractivity contribution in [1.82, 2.24) is 10.6 Å². The lowest BCUT2D eigenvalue weighted by molar-refractivity contribution is -0.131. The largest absolute Gasteiger partial charge is 0.496 e. The Hall–Kier alpha value is -3.80. The van der Waals surface area contributed by atoms with E-state index in [0.29, 0.717) is 17.1 Å². The van der Waals surface area contributed by atoms with Gasteiger partial charge in [-0.2, -0.15) is 0 Å². The van der Waals surface area contributed by atoms with Crippen LogP contribution in [0.2, 0.25) is 0 Å². The molecule has 3 rings (SSSR count). The van der Waals surface area contributed by atoms with Gasteiger partial charge in [-0.3, -0.25) is 9.59 Å². The minimum absolute atomic E-state index is 0.256. The third-order valence-corrected chi connectivity index (χ3v) is 4.95. The quantitative estimate of drug-likeness (QED) is 0.522. The van der Waals surface area contributed by atoms with E-state index >= 15 is 0 Å². The van der Waals surface area contributed by atoms with E-state index in [0.717, 1.165) is 11.1 Å². The maximum absolute atomic E-state index is 13.1. The lowest BCUT2D eigenvalue weighted by Gasteiger charge is -2.18. The molecule has 6 heteroatoms. The third-order valence-electron chi connectivity index (χ3n) is 4.95. The van der Waals surface area contributed by atoms with E-state index in [-0.39, 0.29) is 24.9 Å². The highest BCUT2D eigenvalue weighted by atomic mass is 16.5. The molecule has 0 atom stereocenters. The molecule has 160 valence electrons. The Kier molecular flexibility index (Phi) is 7.65. The number of ether oxygens (including phenoxy) is 2. The molecule has 0 unspecified atom stereocenters. The van der Waals surface area contributed by atoms with Crippen molar-refractivity contribution in [2.45, 2.75) is 19.0 Å². The zero-order chi connectivity index (χ0) is 22.1. The molecule has 0 radical (unpaired) electrons. The Morgan fingerprint density at radius 1 is 0.677 bits per heavy atom. The molecule has 0 heterocycles. The van der Waals surface area contributed by atoms with Gasteiger partial charge in [0.05, 0.1) is 14.2 Å². The summed E-state index contributed by atoms with van der Waals surface area (Å²) in [6.07, 6.45) is 0. The van der Waals surface area contributed by atoms with Crippen LogP contribution in [0, 0.1) is 0 Å². The van der Waals surface area contributed by atoms with Crippen molar-refractivity contribution in [3.63, 3.8) is 0 Å². The molecule has 0 saturated heterocycles. The Morgan fingerprint density at radius 3 is 1.55 bits per heavy atom. The van der Waals surface area contributed by atoms with Crippen molar-refractivity contribution >= 4 is 11.8 Å². The van der Waals surface area contributed by atoms with Gasteiger partial charge < -0.3 is 20.1 Å². The van der Waals surface area contributed by atoms with Crippen LogP contribution in [0.1, 0.15) is 22.6 Å². The summed E-state index contributed by atoms with van der Waals surface area (Å²) >= 11 is 0. The monoisotopic (exact) mass is 418 g/mol. The highest BCUT2D eigenvalue weighted by Gasteiger charge is 2.28. The van der Waals surface area contributed by atoms with Crippen LogP contribution in [-0.2, 0) is 22.7 Å². The fraction of sp³-hybridized carbons (Fsp3) is 0.200. The van der Waals surface area contributed by atoms with Crippen LogP contribution in [-0.4, -0.2) is 26.0 Å². The summed E-state index contributed by atoms with van der Waals surface area (Å²) in [7, 11) is 3.16. The van der Waals surface area contributed by atoms with Gasteiger partial charge in [-0.1, -0.05) is 66.7 Å². The Bertz CT molecular complexity index is 957. The van der Waals surface area contributed by atoms with E-state index in [1.807, 2.05) is 66.7 Å². The first-order chi connectivity index (χ1) is 15.1. The third kappa shape index (κ3) is 5.63. The molecule has 0 aliphatic rings. The van der Waals surface area contributed by atoms with E-state index in [4.69, 9.17) is 9.47 Å². The average Bonchev–Trinajstić information content (AvgIpc) is 2.82. The van der Waals surface area contributed by atoms with Crippen LogP contribution < -0.4 is 20.1 Å². The summed E-state index contributed by atoms with van der Waals surface area (Å²) in [5.74, 6) is -0.380. The van der Waals surface area contributed by atoms with Gasteiger partial charge in [0.1, 0.15) is 17.4 Å². The van der Waals surface area contributed by atoms with Gasteiger partial charge in [-0.05, 0) is 17.7 Å². The molecule has 31 heavy (non-hydrogen) atoms. The molecular weight excluding hydrogens is 392 g/mol. The highest BCUT2D eigenvalue weighted by molar-refractivity contribution is 6.05. The van der Waals surface area contributed by atoms with E-state index in [1.54, 1.807) is 26.4 Å². The fourth-order valence-corrected chi connectivity index (χ4v) is 3.33. The molecule has 3 aromatic carbocycles. The normalized spacial score (nSPS) is 10.4.